The van der Waals surface area contributed by atoms with Gasteiger partial charge in [-0.1, -0.05) is 59.6 Å². The molecule has 0 amide bonds. The summed E-state index contributed by atoms with van der Waals surface area (Å²) in [5.41, 5.74) is 8.62. The summed E-state index contributed by atoms with van der Waals surface area (Å²) in [7, 11) is 0. The van der Waals surface area contributed by atoms with Crippen LogP contribution in [0.1, 0.15) is 11.1 Å². The fourth-order valence-electron chi connectivity index (χ4n) is 4.90. The summed E-state index contributed by atoms with van der Waals surface area (Å²) in [4.78, 5) is 2.26. The van der Waals surface area contributed by atoms with E-state index in [0.29, 0.717) is 0 Å². The number of anilines is 3. The number of hydrogen-bond acceptors (Lipinski definition) is 1. The summed E-state index contributed by atoms with van der Waals surface area (Å²) in [5.74, 6) is 0. The topological polar surface area (TPSA) is 8.17 Å². The van der Waals surface area contributed by atoms with E-state index in [-0.39, 0.29) is 0 Å². The number of benzene rings is 5. The normalized spacial score (nSPS) is 11.3. The number of rotatable bonds is 4. The van der Waals surface area contributed by atoms with E-state index in [2.05, 4.69) is 107 Å². The minimum Gasteiger partial charge on any atom is -0.311 e. The van der Waals surface area contributed by atoms with E-state index in [1.165, 1.54) is 10.8 Å². The van der Waals surface area contributed by atoms with E-state index in [0.717, 1.165) is 55.0 Å². The molecule has 0 aliphatic rings. The second-order valence-electron chi connectivity index (χ2n) is 9.10. The van der Waals surface area contributed by atoms with Crippen LogP contribution in [-0.2, 0) is 0 Å². The van der Waals surface area contributed by atoms with Gasteiger partial charge in [0.2, 0.25) is 0 Å². The molecule has 0 N–H and O–H groups in total. The van der Waals surface area contributed by atoms with Gasteiger partial charge in [-0.3, -0.25) is 0 Å². The number of nitrogens with zero attached hydrogens (tertiary/aromatic N) is 2. The molecular formula is C32H24Cl2N2. The van der Waals surface area contributed by atoms with Gasteiger partial charge in [-0.15, -0.1) is 0 Å². The molecule has 0 atom stereocenters. The van der Waals surface area contributed by atoms with Gasteiger partial charge in [-0.25, -0.2) is 0 Å². The predicted octanol–water partition coefficient (Wildman–Crippen LogP) is 10.2. The van der Waals surface area contributed by atoms with E-state index in [1.54, 1.807) is 0 Å². The Balaban J connectivity index is 1.54. The highest BCUT2D eigenvalue weighted by Crippen LogP contribution is 2.39. The zero-order valence-corrected chi connectivity index (χ0v) is 21.6. The van der Waals surface area contributed by atoms with Gasteiger partial charge >= 0.3 is 0 Å². The molecule has 0 saturated heterocycles. The molecule has 36 heavy (non-hydrogen) atoms. The predicted molar refractivity (Wildman–Crippen MR) is 155 cm³/mol. The highest BCUT2D eigenvalue weighted by Gasteiger charge is 2.17. The molecule has 0 radical (unpaired) electrons. The lowest BCUT2D eigenvalue weighted by Crippen LogP contribution is -2.09. The molecule has 0 fully saturated rings. The van der Waals surface area contributed by atoms with Crippen molar-refractivity contribution in [3.63, 3.8) is 0 Å². The third-order valence-corrected chi connectivity index (χ3v) is 7.54. The van der Waals surface area contributed by atoms with Gasteiger partial charge in [0, 0.05) is 43.6 Å². The van der Waals surface area contributed by atoms with Crippen molar-refractivity contribution in [2.75, 3.05) is 4.90 Å². The van der Waals surface area contributed by atoms with E-state index < -0.39 is 0 Å². The Bertz CT molecular complexity index is 1600. The molecule has 176 valence electrons. The molecule has 1 heterocycles. The van der Waals surface area contributed by atoms with E-state index in [4.69, 9.17) is 23.2 Å². The zero-order valence-electron chi connectivity index (χ0n) is 20.0. The standard InChI is InChI=1S/C32H24Cl2N2/c1-21-17-27-28-18-22(2)30(34)20-32(28)36(31(27)19-29(21)33)26-15-13-25(14-16-26)35(23-9-5-3-6-10-23)24-11-7-4-8-12-24/h3-20H,1-2H3. The van der Waals surface area contributed by atoms with Gasteiger partial charge in [0.15, 0.2) is 0 Å². The number of fused-ring (bicyclic) bond motifs is 3. The highest BCUT2D eigenvalue weighted by molar-refractivity contribution is 6.33. The quantitative estimate of drug-likeness (QED) is 0.230. The van der Waals surface area contributed by atoms with Crippen LogP contribution in [0.4, 0.5) is 17.1 Å². The number of hydrogen-bond donors (Lipinski definition) is 0. The summed E-state index contributed by atoms with van der Waals surface area (Å²) >= 11 is 13.2. The van der Waals surface area contributed by atoms with Gasteiger partial charge < -0.3 is 9.47 Å². The van der Waals surface area contributed by atoms with E-state index >= 15 is 0 Å². The first kappa shape index (κ1) is 22.7. The van der Waals surface area contributed by atoms with Crippen LogP contribution in [0.5, 0.6) is 0 Å². The van der Waals surface area contributed by atoms with Gasteiger partial charge in [-0.05, 0) is 97.8 Å². The maximum Gasteiger partial charge on any atom is 0.0556 e. The maximum absolute atomic E-state index is 6.59. The maximum atomic E-state index is 6.59. The Hall–Kier alpha value is -3.72. The molecule has 0 spiro atoms. The lowest BCUT2D eigenvalue weighted by molar-refractivity contribution is 1.17. The smallest absolute Gasteiger partial charge is 0.0556 e. The fourth-order valence-corrected chi connectivity index (χ4v) is 5.22. The molecule has 6 rings (SSSR count). The van der Waals surface area contributed by atoms with Crippen molar-refractivity contribution in [3.8, 4) is 5.69 Å². The van der Waals surface area contributed by atoms with Crippen molar-refractivity contribution in [3.05, 3.63) is 130 Å². The van der Waals surface area contributed by atoms with Crippen molar-refractivity contribution in [2.24, 2.45) is 0 Å². The summed E-state index contributed by atoms with van der Waals surface area (Å²) in [5, 5.41) is 3.85. The molecule has 0 saturated carbocycles. The van der Waals surface area contributed by atoms with Crippen LogP contribution in [0, 0.1) is 13.8 Å². The molecule has 0 bridgehead atoms. The van der Waals surface area contributed by atoms with Crippen molar-refractivity contribution in [1.82, 2.24) is 4.57 Å². The van der Waals surface area contributed by atoms with Gasteiger partial charge in [0.25, 0.3) is 0 Å². The summed E-state index contributed by atoms with van der Waals surface area (Å²) in [6.45, 7) is 4.09. The first-order valence-corrected chi connectivity index (χ1v) is 12.7. The third-order valence-electron chi connectivity index (χ3n) is 6.72. The second-order valence-corrected chi connectivity index (χ2v) is 9.91. The SMILES string of the molecule is Cc1cc2c3cc(C)c(Cl)cc3n(-c3ccc(N(c4ccccc4)c4ccccc4)cc3)c2cc1Cl. The van der Waals surface area contributed by atoms with Crippen LogP contribution < -0.4 is 4.90 Å². The molecule has 6 aromatic rings. The lowest BCUT2D eigenvalue weighted by Gasteiger charge is -2.25. The van der Waals surface area contributed by atoms with E-state index in [9.17, 15) is 0 Å². The van der Waals surface area contributed by atoms with Crippen molar-refractivity contribution in [1.29, 1.82) is 0 Å². The van der Waals surface area contributed by atoms with Crippen molar-refractivity contribution in [2.45, 2.75) is 13.8 Å². The third kappa shape index (κ3) is 3.83. The van der Waals surface area contributed by atoms with E-state index in [1.807, 2.05) is 26.0 Å². The first-order chi connectivity index (χ1) is 17.5. The minimum atomic E-state index is 0.755. The van der Waals surface area contributed by atoms with Crippen LogP contribution in [0.15, 0.2) is 109 Å². The molecule has 0 aliphatic carbocycles. The van der Waals surface area contributed by atoms with Gasteiger partial charge in [-0.2, -0.15) is 0 Å². The Morgan fingerprint density at radius 3 is 1.39 bits per heavy atom. The summed E-state index contributed by atoms with van der Waals surface area (Å²) in [6.07, 6.45) is 0. The first-order valence-electron chi connectivity index (χ1n) is 11.9. The minimum absolute atomic E-state index is 0.755. The average molecular weight is 507 g/mol. The monoisotopic (exact) mass is 506 g/mol. The summed E-state index contributed by atoms with van der Waals surface area (Å²) < 4.78 is 2.25. The van der Waals surface area contributed by atoms with Crippen LogP contribution >= 0.6 is 23.2 Å². The fraction of sp³-hybridized carbons (Fsp3) is 0.0625. The van der Waals surface area contributed by atoms with Crippen LogP contribution in [0.25, 0.3) is 27.5 Å². The Kier molecular flexibility index (Phi) is 5.72. The molecule has 4 heteroatoms. The Morgan fingerprint density at radius 1 is 0.528 bits per heavy atom. The number of aryl methyl sites for hydroxylation is 2. The largest absolute Gasteiger partial charge is 0.311 e. The molecule has 1 aromatic heterocycles. The zero-order chi connectivity index (χ0) is 24.8. The molecule has 0 aliphatic heterocycles. The van der Waals surface area contributed by atoms with Gasteiger partial charge in [0.1, 0.15) is 0 Å². The molecule has 0 unspecified atom stereocenters. The number of halogens is 2. The molecule has 5 aromatic carbocycles. The van der Waals surface area contributed by atoms with Gasteiger partial charge in [0.05, 0.1) is 11.0 Å². The van der Waals surface area contributed by atoms with Crippen LogP contribution in [0.2, 0.25) is 10.0 Å². The Labute approximate surface area is 220 Å². The Morgan fingerprint density at radius 2 is 0.944 bits per heavy atom. The lowest BCUT2D eigenvalue weighted by atomic mass is 10.1. The average Bonchev–Trinajstić information content (AvgIpc) is 3.18. The summed E-state index contributed by atoms with van der Waals surface area (Å²) in [6, 6.07) is 38.0. The highest BCUT2D eigenvalue weighted by atomic mass is 35.5. The van der Waals surface area contributed by atoms with Crippen LogP contribution in [-0.4, -0.2) is 4.57 Å². The molecular weight excluding hydrogens is 483 g/mol. The van der Waals surface area contributed by atoms with Crippen molar-refractivity contribution >= 4 is 62.1 Å². The van der Waals surface area contributed by atoms with Crippen LogP contribution in [0.3, 0.4) is 0 Å². The molecule has 2 nitrogen and oxygen atoms in total. The number of para-hydroxylation sites is 2. The van der Waals surface area contributed by atoms with Crippen molar-refractivity contribution < 1.29 is 0 Å². The second kappa shape index (κ2) is 9.05. The number of aromatic nitrogens is 1.